The number of fused-ring (bicyclic) bond motifs is 1. The lowest BCUT2D eigenvalue weighted by Crippen LogP contribution is -2.53. The smallest absolute Gasteiger partial charge is 0.272 e. The molecule has 1 aromatic heterocycles. The van der Waals surface area contributed by atoms with E-state index in [9.17, 15) is 4.79 Å². The van der Waals surface area contributed by atoms with Crippen molar-refractivity contribution in [2.75, 3.05) is 20.8 Å². The van der Waals surface area contributed by atoms with Gasteiger partial charge in [-0.25, -0.2) is 0 Å². The summed E-state index contributed by atoms with van der Waals surface area (Å²) in [7, 11) is 3.50. The van der Waals surface area contributed by atoms with Crippen molar-refractivity contribution in [1.82, 2.24) is 15.1 Å². The molecule has 1 amide bonds. The van der Waals surface area contributed by atoms with Crippen LogP contribution in [0.4, 0.5) is 0 Å². The first-order chi connectivity index (χ1) is 12.7. The van der Waals surface area contributed by atoms with Crippen LogP contribution < -0.4 is 0 Å². The molecule has 0 bridgehead atoms. The lowest BCUT2D eigenvalue weighted by atomic mass is 9.79. The van der Waals surface area contributed by atoms with E-state index in [0.29, 0.717) is 12.2 Å². The van der Waals surface area contributed by atoms with Crippen LogP contribution in [-0.2, 0) is 9.47 Å². The number of ether oxygens (including phenoxy) is 2. The van der Waals surface area contributed by atoms with Crippen LogP contribution in [0.5, 0.6) is 0 Å². The molecule has 2 fully saturated rings. The molecule has 2 aliphatic rings. The Bertz CT molecular complexity index is 776. The Morgan fingerprint density at radius 1 is 1.27 bits per heavy atom. The molecule has 26 heavy (non-hydrogen) atoms. The zero-order chi connectivity index (χ0) is 18.1. The second-order valence-corrected chi connectivity index (χ2v) is 7.20. The molecule has 138 valence electrons. The van der Waals surface area contributed by atoms with Crippen molar-refractivity contribution in [2.45, 2.75) is 43.4 Å². The van der Waals surface area contributed by atoms with Crippen molar-refractivity contribution in [3.63, 3.8) is 0 Å². The number of methoxy groups -OCH3 is 2. The van der Waals surface area contributed by atoms with Gasteiger partial charge < -0.3 is 14.4 Å². The van der Waals surface area contributed by atoms with Crippen LogP contribution in [-0.4, -0.2) is 59.5 Å². The monoisotopic (exact) mass is 355 g/mol. The lowest BCUT2D eigenvalue weighted by molar-refractivity contribution is -0.0894. The van der Waals surface area contributed by atoms with Gasteiger partial charge in [0, 0.05) is 26.3 Å². The number of nitrogens with one attached hydrogen (secondary N) is 1. The minimum Gasteiger partial charge on any atom is -0.381 e. The maximum absolute atomic E-state index is 13.2. The number of likely N-dealkylation sites (tertiary alicyclic amines) is 1. The van der Waals surface area contributed by atoms with Crippen molar-refractivity contribution in [1.29, 1.82) is 0 Å². The summed E-state index contributed by atoms with van der Waals surface area (Å²) >= 11 is 0. The molecular weight excluding hydrogens is 330 g/mol. The number of aromatic nitrogens is 2. The van der Waals surface area contributed by atoms with Crippen LogP contribution in [0.1, 0.15) is 36.2 Å². The molecule has 1 aliphatic carbocycles. The SMILES string of the molecule is CO[C@H]1CC[C@@]2(OC)CCN(C(=O)c3cc(-c4ccccc4)n[nH]3)[C@H]2C1. The molecule has 4 rings (SSSR count). The predicted octanol–water partition coefficient (Wildman–Crippen LogP) is 2.88. The van der Waals surface area contributed by atoms with Gasteiger partial charge in [-0.05, 0) is 31.7 Å². The number of hydrogen-bond acceptors (Lipinski definition) is 4. The molecule has 1 aromatic carbocycles. The van der Waals surface area contributed by atoms with Gasteiger partial charge in [-0.15, -0.1) is 0 Å². The van der Waals surface area contributed by atoms with E-state index in [-0.39, 0.29) is 23.7 Å². The zero-order valence-corrected chi connectivity index (χ0v) is 15.3. The van der Waals surface area contributed by atoms with Gasteiger partial charge in [0.2, 0.25) is 0 Å². The van der Waals surface area contributed by atoms with Crippen LogP contribution in [0, 0.1) is 0 Å². The van der Waals surface area contributed by atoms with Gasteiger partial charge in [0.05, 0.1) is 23.4 Å². The molecule has 1 aliphatic heterocycles. The van der Waals surface area contributed by atoms with E-state index in [1.54, 1.807) is 14.2 Å². The highest BCUT2D eigenvalue weighted by Gasteiger charge is 2.52. The molecule has 3 atom stereocenters. The standard InChI is InChI=1S/C20H25N3O3/c1-25-15-8-9-20(26-2)10-11-23(18(20)12-15)19(24)17-13-16(21-22-17)14-6-4-3-5-7-14/h3-7,13,15,18H,8-12H2,1-2H3,(H,21,22)/t15-,18-,20+/m0/s1. The summed E-state index contributed by atoms with van der Waals surface area (Å²) in [5.41, 5.74) is 2.06. The van der Waals surface area contributed by atoms with Crippen LogP contribution >= 0.6 is 0 Å². The summed E-state index contributed by atoms with van der Waals surface area (Å²) in [5, 5.41) is 7.24. The van der Waals surface area contributed by atoms with E-state index < -0.39 is 0 Å². The van der Waals surface area contributed by atoms with Crippen molar-refractivity contribution in [3.05, 3.63) is 42.1 Å². The third-order valence-electron chi connectivity index (χ3n) is 6.01. The minimum atomic E-state index is -0.243. The van der Waals surface area contributed by atoms with Crippen molar-refractivity contribution < 1.29 is 14.3 Å². The first-order valence-electron chi connectivity index (χ1n) is 9.16. The Balaban J connectivity index is 1.57. The van der Waals surface area contributed by atoms with Crippen molar-refractivity contribution >= 4 is 5.91 Å². The highest BCUT2D eigenvalue weighted by Crippen LogP contribution is 2.43. The highest BCUT2D eigenvalue weighted by molar-refractivity contribution is 5.94. The van der Waals surface area contributed by atoms with E-state index >= 15 is 0 Å². The molecule has 0 radical (unpaired) electrons. The number of benzene rings is 1. The van der Waals surface area contributed by atoms with Crippen molar-refractivity contribution in [3.8, 4) is 11.3 Å². The van der Waals surface area contributed by atoms with Crippen molar-refractivity contribution in [2.24, 2.45) is 0 Å². The highest BCUT2D eigenvalue weighted by atomic mass is 16.5. The maximum atomic E-state index is 13.2. The van der Waals surface area contributed by atoms with Gasteiger partial charge in [0.1, 0.15) is 5.69 Å². The molecule has 2 heterocycles. The molecule has 1 saturated carbocycles. The third kappa shape index (κ3) is 2.83. The van der Waals surface area contributed by atoms with Gasteiger partial charge in [0.15, 0.2) is 0 Å². The molecule has 0 unspecified atom stereocenters. The van der Waals surface area contributed by atoms with Gasteiger partial charge in [-0.1, -0.05) is 30.3 Å². The fourth-order valence-electron chi connectivity index (χ4n) is 4.46. The minimum absolute atomic E-state index is 0.0136. The lowest BCUT2D eigenvalue weighted by Gasteiger charge is -2.43. The average Bonchev–Trinajstić information content (AvgIpc) is 3.33. The molecule has 0 spiro atoms. The van der Waals surface area contributed by atoms with E-state index in [2.05, 4.69) is 10.2 Å². The molecule has 6 heteroatoms. The Labute approximate surface area is 153 Å². The summed E-state index contributed by atoms with van der Waals surface area (Å²) in [5.74, 6) is -0.0136. The predicted molar refractivity (Wildman–Crippen MR) is 97.9 cm³/mol. The second kappa shape index (κ2) is 6.85. The van der Waals surface area contributed by atoms with Crippen LogP contribution in [0.2, 0.25) is 0 Å². The van der Waals surface area contributed by atoms with E-state index in [1.165, 1.54) is 0 Å². The molecule has 1 saturated heterocycles. The Morgan fingerprint density at radius 3 is 2.81 bits per heavy atom. The number of hydrogen-bond donors (Lipinski definition) is 1. The molecular formula is C20H25N3O3. The van der Waals surface area contributed by atoms with Gasteiger partial charge >= 0.3 is 0 Å². The maximum Gasteiger partial charge on any atom is 0.272 e. The van der Waals surface area contributed by atoms with Gasteiger partial charge in [0.25, 0.3) is 5.91 Å². The normalized spacial score (nSPS) is 28.2. The number of carbonyl (C=O) groups excluding carboxylic acids is 1. The summed E-state index contributed by atoms with van der Waals surface area (Å²) < 4.78 is 11.5. The number of H-pyrrole nitrogens is 1. The van der Waals surface area contributed by atoms with Crippen LogP contribution in [0.25, 0.3) is 11.3 Å². The first-order valence-corrected chi connectivity index (χ1v) is 9.16. The number of aromatic amines is 1. The number of nitrogens with zero attached hydrogens (tertiary/aromatic N) is 2. The second-order valence-electron chi connectivity index (χ2n) is 7.20. The largest absolute Gasteiger partial charge is 0.381 e. The van der Waals surface area contributed by atoms with Gasteiger partial charge in [-0.2, -0.15) is 5.10 Å². The first kappa shape index (κ1) is 17.2. The zero-order valence-electron chi connectivity index (χ0n) is 15.3. The molecule has 6 nitrogen and oxygen atoms in total. The fraction of sp³-hybridized carbons (Fsp3) is 0.500. The fourth-order valence-corrected chi connectivity index (χ4v) is 4.46. The number of carbonyl (C=O) groups is 1. The Kier molecular flexibility index (Phi) is 4.54. The van der Waals surface area contributed by atoms with Crippen LogP contribution in [0.15, 0.2) is 36.4 Å². The summed E-state index contributed by atoms with van der Waals surface area (Å²) in [6.07, 6.45) is 3.77. The van der Waals surface area contributed by atoms with E-state index in [0.717, 1.165) is 36.9 Å². The summed E-state index contributed by atoms with van der Waals surface area (Å²) in [6.45, 7) is 0.702. The summed E-state index contributed by atoms with van der Waals surface area (Å²) in [4.78, 5) is 15.1. The quantitative estimate of drug-likeness (QED) is 0.916. The topological polar surface area (TPSA) is 67.5 Å². The average molecular weight is 355 g/mol. The Morgan fingerprint density at radius 2 is 2.08 bits per heavy atom. The van der Waals surface area contributed by atoms with E-state index in [4.69, 9.17) is 9.47 Å². The number of amides is 1. The van der Waals surface area contributed by atoms with Gasteiger partial charge in [-0.3, -0.25) is 9.89 Å². The molecule has 2 aromatic rings. The van der Waals surface area contributed by atoms with E-state index in [1.807, 2.05) is 41.3 Å². The Hall–Kier alpha value is -2.18. The third-order valence-corrected chi connectivity index (χ3v) is 6.01. The summed E-state index contributed by atoms with van der Waals surface area (Å²) in [6, 6.07) is 11.7. The number of rotatable bonds is 4. The molecule has 1 N–H and O–H groups in total. The van der Waals surface area contributed by atoms with Crippen LogP contribution in [0.3, 0.4) is 0 Å².